The molecule has 0 spiro atoms. The Balaban J connectivity index is 1.34. The van der Waals surface area contributed by atoms with E-state index in [9.17, 15) is 9.59 Å². The molecule has 1 aliphatic heterocycles. The van der Waals surface area contributed by atoms with E-state index >= 15 is 0 Å². The lowest BCUT2D eigenvalue weighted by Gasteiger charge is -2.28. The van der Waals surface area contributed by atoms with Gasteiger partial charge in [-0.2, -0.15) is 0 Å². The molecule has 2 aromatic carbocycles. The fourth-order valence-corrected chi connectivity index (χ4v) is 3.91. The molecule has 1 aliphatic rings. The molecule has 1 saturated heterocycles. The summed E-state index contributed by atoms with van der Waals surface area (Å²) in [7, 11) is 0. The molecular formula is C22H23N5O2S. The maximum absolute atomic E-state index is 12.5. The zero-order valence-electron chi connectivity index (χ0n) is 16.7. The second kappa shape index (κ2) is 9.04. The summed E-state index contributed by atoms with van der Waals surface area (Å²) in [5, 5.41) is 6.69. The first-order valence-corrected chi connectivity index (χ1v) is 10.9. The largest absolute Gasteiger partial charge is 0.360 e. The molecule has 154 valence electrons. The molecule has 0 atom stereocenters. The van der Waals surface area contributed by atoms with Crippen molar-refractivity contribution in [3.05, 3.63) is 72.1 Å². The van der Waals surface area contributed by atoms with E-state index in [1.807, 2.05) is 70.5 Å². The summed E-state index contributed by atoms with van der Waals surface area (Å²) in [6, 6.07) is 15.4. The van der Waals surface area contributed by atoms with Crippen molar-refractivity contribution in [1.29, 1.82) is 0 Å². The normalized spacial score (nSPS) is 13.8. The van der Waals surface area contributed by atoms with Gasteiger partial charge in [0.25, 0.3) is 5.91 Å². The summed E-state index contributed by atoms with van der Waals surface area (Å²) >= 11 is 1.57. The fraction of sp³-hybridized carbons (Fsp3) is 0.227. The lowest BCUT2D eigenvalue weighted by molar-refractivity contribution is -0.120. The van der Waals surface area contributed by atoms with E-state index in [0.717, 1.165) is 28.6 Å². The van der Waals surface area contributed by atoms with Crippen LogP contribution in [-0.2, 0) is 11.3 Å². The highest BCUT2D eigenvalue weighted by molar-refractivity contribution is 7.98. The van der Waals surface area contributed by atoms with Crippen molar-refractivity contribution in [2.45, 2.75) is 11.7 Å². The van der Waals surface area contributed by atoms with E-state index < -0.39 is 0 Å². The Morgan fingerprint density at radius 2 is 1.87 bits per heavy atom. The highest BCUT2D eigenvalue weighted by Gasteiger charge is 2.16. The average Bonchev–Trinajstić information content (AvgIpc) is 3.27. The second-order valence-corrected chi connectivity index (χ2v) is 7.72. The molecular weight excluding hydrogens is 398 g/mol. The summed E-state index contributed by atoms with van der Waals surface area (Å²) in [4.78, 5) is 30.4. The summed E-state index contributed by atoms with van der Waals surface area (Å²) < 4.78 is 1.99. The maximum Gasteiger partial charge on any atom is 0.251 e. The third kappa shape index (κ3) is 4.49. The summed E-state index contributed by atoms with van der Waals surface area (Å²) in [6.45, 7) is 2.29. The number of amides is 2. The highest BCUT2D eigenvalue weighted by atomic mass is 32.2. The number of piperazine rings is 1. The number of nitrogens with one attached hydrogen (secondary N) is 2. The Labute approximate surface area is 179 Å². The summed E-state index contributed by atoms with van der Waals surface area (Å²) in [6.07, 6.45) is 5.65. The number of carbonyl (C=O) groups is 2. The van der Waals surface area contributed by atoms with E-state index in [4.69, 9.17) is 0 Å². The smallest absolute Gasteiger partial charge is 0.251 e. The van der Waals surface area contributed by atoms with Crippen molar-refractivity contribution in [2.75, 3.05) is 30.8 Å². The number of nitrogens with zero attached hydrogens (tertiary/aromatic N) is 3. The molecule has 3 aromatic rings. The third-order valence-electron chi connectivity index (χ3n) is 4.99. The van der Waals surface area contributed by atoms with Crippen LogP contribution in [0, 0.1) is 0 Å². The number of imidazole rings is 1. The van der Waals surface area contributed by atoms with Crippen molar-refractivity contribution in [3.63, 3.8) is 0 Å². The Morgan fingerprint density at radius 3 is 2.57 bits per heavy atom. The summed E-state index contributed by atoms with van der Waals surface area (Å²) in [5.74, 6) is -0.0737. The van der Waals surface area contributed by atoms with Crippen LogP contribution in [0.15, 0.2) is 66.1 Å². The number of anilines is 1. The number of hydrogen-bond donors (Lipinski definition) is 2. The Kier molecular flexibility index (Phi) is 6.04. The molecule has 1 aromatic heterocycles. The van der Waals surface area contributed by atoms with Crippen LogP contribution in [0.25, 0.3) is 5.69 Å². The van der Waals surface area contributed by atoms with Gasteiger partial charge in [-0.3, -0.25) is 14.2 Å². The first-order valence-electron chi connectivity index (χ1n) is 9.70. The standard InChI is InChI=1S/C22H23N5O2S/c1-30-22-24-11-13-27(22)19-8-4-17(5-9-19)21(29)25-14-16-2-6-18(7-3-16)26-12-10-23-20(28)15-26/h2-9,11,13H,10,12,14-15H2,1H3,(H,23,28)(H,25,29). The predicted molar refractivity (Wildman–Crippen MR) is 118 cm³/mol. The molecule has 0 unspecified atom stereocenters. The van der Waals surface area contributed by atoms with Gasteiger partial charge in [-0.1, -0.05) is 23.9 Å². The molecule has 7 nitrogen and oxygen atoms in total. The van der Waals surface area contributed by atoms with Gasteiger partial charge < -0.3 is 15.5 Å². The lowest BCUT2D eigenvalue weighted by Crippen LogP contribution is -2.47. The molecule has 1 fully saturated rings. The van der Waals surface area contributed by atoms with Gasteiger partial charge in [0, 0.05) is 49.0 Å². The zero-order chi connectivity index (χ0) is 20.9. The molecule has 30 heavy (non-hydrogen) atoms. The van der Waals surface area contributed by atoms with Gasteiger partial charge in [-0.25, -0.2) is 4.98 Å². The van der Waals surface area contributed by atoms with Crippen LogP contribution >= 0.6 is 11.8 Å². The number of hydrogen-bond acceptors (Lipinski definition) is 5. The molecule has 0 saturated carbocycles. The van der Waals surface area contributed by atoms with Crippen molar-refractivity contribution < 1.29 is 9.59 Å². The number of rotatable bonds is 6. The number of benzene rings is 2. The van der Waals surface area contributed by atoms with Crippen LogP contribution in [0.3, 0.4) is 0 Å². The summed E-state index contributed by atoms with van der Waals surface area (Å²) in [5.41, 5.74) is 3.60. The van der Waals surface area contributed by atoms with E-state index in [1.54, 1.807) is 18.0 Å². The molecule has 8 heteroatoms. The van der Waals surface area contributed by atoms with Gasteiger partial charge in [0.1, 0.15) is 0 Å². The lowest BCUT2D eigenvalue weighted by atomic mass is 10.1. The van der Waals surface area contributed by atoms with E-state index in [-0.39, 0.29) is 11.8 Å². The van der Waals surface area contributed by atoms with Gasteiger partial charge in [0.15, 0.2) is 5.16 Å². The molecule has 4 rings (SSSR count). The zero-order valence-corrected chi connectivity index (χ0v) is 17.5. The SMILES string of the molecule is CSc1nccn1-c1ccc(C(=O)NCc2ccc(N3CCNC(=O)C3)cc2)cc1. The first-order chi connectivity index (χ1) is 14.6. The minimum Gasteiger partial charge on any atom is -0.360 e. The van der Waals surface area contributed by atoms with Gasteiger partial charge in [0.05, 0.1) is 6.54 Å². The van der Waals surface area contributed by atoms with Crippen LogP contribution in [0.2, 0.25) is 0 Å². The minimum absolute atomic E-state index is 0.0429. The quantitative estimate of drug-likeness (QED) is 0.598. The molecule has 2 N–H and O–H groups in total. The van der Waals surface area contributed by atoms with Crippen LogP contribution in [-0.4, -0.2) is 47.3 Å². The van der Waals surface area contributed by atoms with Crippen LogP contribution in [0.4, 0.5) is 5.69 Å². The fourth-order valence-electron chi connectivity index (χ4n) is 3.38. The molecule has 0 bridgehead atoms. The van der Waals surface area contributed by atoms with Gasteiger partial charge >= 0.3 is 0 Å². The first kappa shape index (κ1) is 20.0. The van der Waals surface area contributed by atoms with Crippen molar-refractivity contribution in [3.8, 4) is 5.69 Å². The van der Waals surface area contributed by atoms with E-state index in [1.165, 1.54) is 0 Å². The number of thioether (sulfide) groups is 1. The minimum atomic E-state index is -0.117. The molecule has 2 heterocycles. The third-order valence-corrected chi connectivity index (χ3v) is 5.66. The number of carbonyl (C=O) groups excluding carboxylic acids is 2. The molecule has 0 radical (unpaired) electrons. The predicted octanol–water partition coefficient (Wildman–Crippen LogP) is 2.46. The Bertz CT molecular complexity index is 1030. The molecule has 0 aliphatic carbocycles. The van der Waals surface area contributed by atoms with Crippen molar-refractivity contribution >= 4 is 29.3 Å². The van der Waals surface area contributed by atoms with Gasteiger partial charge in [-0.15, -0.1) is 0 Å². The van der Waals surface area contributed by atoms with Gasteiger partial charge in [0.2, 0.25) is 5.91 Å². The van der Waals surface area contributed by atoms with Crippen molar-refractivity contribution in [2.24, 2.45) is 0 Å². The second-order valence-electron chi connectivity index (χ2n) is 6.95. The maximum atomic E-state index is 12.5. The Hall–Kier alpha value is -3.26. The highest BCUT2D eigenvalue weighted by Crippen LogP contribution is 2.19. The monoisotopic (exact) mass is 421 g/mol. The van der Waals surface area contributed by atoms with Crippen LogP contribution < -0.4 is 15.5 Å². The number of aromatic nitrogens is 2. The van der Waals surface area contributed by atoms with E-state index in [2.05, 4.69) is 15.6 Å². The van der Waals surface area contributed by atoms with Gasteiger partial charge in [-0.05, 0) is 48.2 Å². The van der Waals surface area contributed by atoms with Crippen molar-refractivity contribution in [1.82, 2.24) is 20.2 Å². The topological polar surface area (TPSA) is 79.3 Å². The Morgan fingerprint density at radius 1 is 1.13 bits per heavy atom. The average molecular weight is 422 g/mol. The van der Waals surface area contributed by atoms with E-state index in [0.29, 0.717) is 25.2 Å². The molecule has 2 amide bonds. The van der Waals surface area contributed by atoms with Crippen LogP contribution in [0.5, 0.6) is 0 Å². The van der Waals surface area contributed by atoms with Crippen LogP contribution in [0.1, 0.15) is 15.9 Å².